The lowest BCUT2D eigenvalue weighted by Crippen LogP contribution is -2.30. The second kappa shape index (κ2) is 7.68. The van der Waals surface area contributed by atoms with Crippen molar-refractivity contribution >= 4 is 17.6 Å². The van der Waals surface area contributed by atoms with Crippen molar-refractivity contribution in [2.75, 3.05) is 5.32 Å². The molecule has 0 bridgehead atoms. The van der Waals surface area contributed by atoms with Crippen molar-refractivity contribution in [2.45, 2.75) is 44.7 Å². The third-order valence-electron chi connectivity index (χ3n) is 4.29. The summed E-state index contributed by atoms with van der Waals surface area (Å²) in [4.78, 5) is 23.3. The van der Waals surface area contributed by atoms with Gasteiger partial charge in [0.05, 0.1) is 5.92 Å². The quantitative estimate of drug-likeness (QED) is 0.849. The van der Waals surface area contributed by atoms with Gasteiger partial charge in [-0.05, 0) is 43.4 Å². The fraction of sp³-hybridized carbons (Fsp3) is 0.529. The minimum absolute atomic E-state index is 0.141. The Labute approximate surface area is 138 Å². The summed E-state index contributed by atoms with van der Waals surface area (Å²) in [6.07, 6.45) is -3.08. The molecule has 2 unspecified atom stereocenters. The summed E-state index contributed by atoms with van der Waals surface area (Å²) < 4.78 is 36.8. The van der Waals surface area contributed by atoms with Crippen LogP contribution in [0.25, 0.3) is 0 Å². The number of nitrogens with one attached hydrogen (secondary N) is 1. The summed E-state index contributed by atoms with van der Waals surface area (Å²) in [5.41, 5.74) is 0.939. The van der Waals surface area contributed by atoms with Crippen molar-refractivity contribution in [1.29, 1.82) is 0 Å². The first-order chi connectivity index (χ1) is 11.2. The third-order valence-corrected chi connectivity index (χ3v) is 4.29. The van der Waals surface area contributed by atoms with E-state index in [0.29, 0.717) is 36.9 Å². The molecule has 1 aromatic carbocycles. The van der Waals surface area contributed by atoms with E-state index in [4.69, 9.17) is 5.11 Å². The molecule has 0 aliphatic heterocycles. The van der Waals surface area contributed by atoms with Crippen molar-refractivity contribution in [1.82, 2.24) is 0 Å². The van der Waals surface area contributed by atoms with E-state index in [0.717, 1.165) is 0 Å². The second-order valence-corrected chi connectivity index (χ2v) is 6.20. The number of rotatable bonds is 5. The predicted octanol–water partition coefficient (Wildman–Crippen LogP) is 4.01. The highest BCUT2D eigenvalue weighted by Crippen LogP contribution is 2.30. The molecule has 1 amide bonds. The number of anilines is 1. The van der Waals surface area contributed by atoms with Crippen molar-refractivity contribution in [3.05, 3.63) is 29.8 Å². The summed E-state index contributed by atoms with van der Waals surface area (Å²) >= 11 is 0. The fourth-order valence-corrected chi connectivity index (χ4v) is 2.99. The Morgan fingerprint density at radius 2 is 1.92 bits per heavy atom. The Morgan fingerprint density at radius 3 is 2.58 bits per heavy atom. The molecular formula is C17H20F3NO3. The molecule has 1 saturated carbocycles. The molecule has 132 valence electrons. The number of amides is 1. The number of carboxylic acid groups (broad SMARTS) is 1. The van der Waals surface area contributed by atoms with Crippen LogP contribution in [-0.4, -0.2) is 23.2 Å². The molecule has 1 aliphatic carbocycles. The SMILES string of the molecule is O=C(O)C1CCCC(C(=O)Nc2cccc(CCC(F)(F)F)c2)C1. The fourth-order valence-electron chi connectivity index (χ4n) is 2.99. The zero-order chi connectivity index (χ0) is 17.7. The van der Waals surface area contributed by atoms with Crippen LogP contribution in [0.3, 0.4) is 0 Å². The summed E-state index contributed by atoms with van der Waals surface area (Å²) in [5.74, 6) is -2.04. The van der Waals surface area contributed by atoms with Crippen LogP contribution < -0.4 is 5.32 Å². The van der Waals surface area contributed by atoms with Gasteiger partial charge in [-0.1, -0.05) is 18.6 Å². The van der Waals surface area contributed by atoms with Crippen LogP contribution in [0.5, 0.6) is 0 Å². The molecule has 1 fully saturated rings. The summed E-state index contributed by atoms with van der Waals surface area (Å²) in [6, 6.07) is 6.33. The van der Waals surface area contributed by atoms with E-state index in [1.54, 1.807) is 18.2 Å². The molecule has 1 aromatic rings. The number of hydrogen-bond acceptors (Lipinski definition) is 2. The number of benzene rings is 1. The largest absolute Gasteiger partial charge is 0.481 e. The van der Waals surface area contributed by atoms with Crippen LogP contribution in [0, 0.1) is 11.8 Å². The molecule has 24 heavy (non-hydrogen) atoms. The summed E-state index contributed by atoms with van der Waals surface area (Å²) in [7, 11) is 0. The van der Waals surface area contributed by atoms with Crippen molar-refractivity contribution in [2.24, 2.45) is 11.8 Å². The number of carbonyl (C=O) groups is 2. The highest BCUT2D eigenvalue weighted by Gasteiger charge is 2.31. The van der Waals surface area contributed by atoms with Gasteiger partial charge in [0.1, 0.15) is 0 Å². The van der Waals surface area contributed by atoms with Gasteiger partial charge >= 0.3 is 12.1 Å². The minimum Gasteiger partial charge on any atom is -0.481 e. The topological polar surface area (TPSA) is 66.4 Å². The van der Waals surface area contributed by atoms with Gasteiger partial charge in [0, 0.05) is 18.0 Å². The number of hydrogen-bond donors (Lipinski definition) is 2. The standard InChI is InChI=1S/C17H20F3NO3/c18-17(19,20)8-7-11-3-1-6-14(9-11)21-15(22)12-4-2-5-13(10-12)16(23)24/h1,3,6,9,12-13H,2,4-5,7-8,10H2,(H,21,22)(H,23,24). The first kappa shape index (κ1) is 18.3. The van der Waals surface area contributed by atoms with E-state index in [1.807, 2.05) is 0 Å². The Balaban J connectivity index is 1.95. The Hall–Kier alpha value is -2.05. The Kier molecular flexibility index (Phi) is 5.85. The van der Waals surface area contributed by atoms with E-state index in [2.05, 4.69) is 5.32 Å². The van der Waals surface area contributed by atoms with Gasteiger partial charge in [-0.25, -0.2) is 0 Å². The molecule has 7 heteroatoms. The highest BCUT2D eigenvalue weighted by atomic mass is 19.4. The second-order valence-electron chi connectivity index (χ2n) is 6.20. The van der Waals surface area contributed by atoms with Crippen LogP contribution in [0.4, 0.5) is 18.9 Å². The lowest BCUT2D eigenvalue weighted by atomic mass is 9.81. The maximum absolute atomic E-state index is 12.3. The highest BCUT2D eigenvalue weighted by molar-refractivity contribution is 5.93. The van der Waals surface area contributed by atoms with Gasteiger partial charge in [0.2, 0.25) is 5.91 Å². The average molecular weight is 343 g/mol. The van der Waals surface area contributed by atoms with Crippen LogP contribution in [0.2, 0.25) is 0 Å². The normalized spacial score (nSPS) is 21.3. The summed E-state index contributed by atoms with van der Waals surface area (Å²) in [6.45, 7) is 0. The van der Waals surface area contributed by atoms with Crippen LogP contribution in [0.1, 0.15) is 37.7 Å². The number of aryl methyl sites for hydroxylation is 1. The van der Waals surface area contributed by atoms with Gasteiger partial charge in [-0.15, -0.1) is 0 Å². The van der Waals surface area contributed by atoms with Gasteiger partial charge < -0.3 is 10.4 Å². The number of halogens is 3. The predicted molar refractivity (Wildman–Crippen MR) is 82.5 cm³/mol. The molecule has 4 nitrogen and oxygen atoms in total. The number of alkyl halides is 3. The van der Waals surface area contributed by atoms with Gasteiger partial charge in [-0.2, -0.15) is 13.2 Å². The minimum atomic E-state index is -4.22. The van der Waals surface area contributed by atoms with E-state index in [-0.39, 0.29) is 18.2 Å². The Morgan fingerprint density at radius 1 is 1.21 bits per heavy atom. The van der Waals surface area contributed by atoms with Crippen LogP contribution >= 0.6 is 0 Å². The molecule has 1 aliphatic rings. The molecule has 0 aromatic heterocycles. The molecule has 2 rings (SSSR count). The first-order valence-electron chi connectivity index (χ1n) is 7.94. The average Bonchev–Trinajstić information content (AvgIpc) is 2.53. The van der Waals surface area contributed by atoms with E-state index < -0.39 is 24.5 Å². The van der Waals surface area contributed by atoms with E-state index >= 15 is 0 Å². The monoisotopic (exact) mass is 343 g/mol. The maximum atomic E-state index is 12.3. The number of aliphatic carboxylic acids is 1. The molecule has 0 saturated heterocycles. The zero-order valence-electron chi connectivity index (χ0n) is 13.1. The first-order valence-corrected chi connectivity index (χ1v) is 7.94. The van der Waals surface area contributed by atoms with Crippen LogP contribution in [-0.2, 0) is 16.0 Å². The van der Waals surface area contributed by atoms with Crippen molar-refractivity contribution < 1.29 is 27.9 Å². The summed E-state index contributed by atoms with van der Waals surface area (Å²) in [5, 5.41) is 11.8. The smallest absolute Gasteiger partial charge is 0.389 e. The van der Waals surface area contributed by atoms with Gasteiger partial charge in [-0.3, -0.25) is 9.59 Å². The molecule has 0 spiro atoms. The molecule has 0 heterocycles. The Bertz CT molecular complexity index is 601. The van der Waals surface area contributed by atoms with Crippen molar-refractivity contribution in [3.8, 4) is 0 Å². The maximum Gasteiger partial charge on any atom is 0.389 e. The van der Waals surface area contributed by atoms with Crippen molar-refractivity contribution in [3.63, 3.8) is 0 Å². The molecule has 2 N–H and O–H groups in total. The zero-order valence-corrected chi connectivity index (χ0v) is 13.1. The lowest BCUT2D eigenvalue weighted by molar-refractivity contribution is -0.143. The molecule has 2 atom stereocenters. The molecular weight excluding hydrogens is 323 g/mol. The number of carboxylic acids is 1. The number of carbonyl (C=O) groups excluding carboxylic acids is 1. The van der Waals surface area contributed by atoms with E-state index in [1.165, 1.54) is 6.07 Å². The molecule has 0 radical (unpaired) electrons. The lowest BCUT2D eigenvalue weighted by Gasteiger charge is -2.25. The van der Waals surface area contributed by atoms with Crippen LogP contribution in [0.15, 0.2) is 24.3 Å². The van der Waals surface area contributed by atoms with Gasteiger partial charge in [0.25, 0.3) is 0 Å². The third kappa shape index (κ3) is 5.54. The van der Waals surface area contributed by atoms with Gasteiger partial charge in [0.15, 0.2) is 0 Å². The van der Waals surface area contributed by atoms with E-state index in [9.17, 15) is 22.8 Å².